The summed E-state index contributed by atoms with van der Waals surface area (Å²) >= 11 is 0. The summed E-state index contributed by atoms with van der Waals surface area (Å²) in [4.78, 5) is 4.25. The van der Waals surface area contributed by atoms with Gasteiger partial charge in [0, 0.05) is 11.1 Å². The summed E-state index contributed by atoms with van der Waals surface area (Å²) in [6.07, 6.45) is -4.54. The smallest absolute Gasteiger partial charge is 0.417 e. The first-order valence-corrected chi connectivity index (χ1v) is 7.58. The molecule has 0 unspecified atom stereocenters. The molecule has 3 aromatic rings. The van der Waals surface area contributed by atoms with Crippen molar-refractivity contribution in [1.29, 1.82) is 0 Å². The van der Waals surface area contributed by atoms with Crippen LogP contribution in [0, 0.1) is 0 Å². The van der Waals surface area contributed by atoms with Gasteiger partial charge < -0.3 is 20.5 Å². The molecule has 0 aliphatic carbocycles. The van der Waals surface area contributed by atoms with Crippen LogP contribution in [0.25, 0.3) is 10.9 Å². The first-order valence-electron chi connectivity index (χ1n) is 7.58. The number of fused-ring (bicyclic) bond motifs is 1. The fraction of sp³-hybridized carbons (Fsp3) is 0.167. The summed E-state index contributed by atoms with van der Waals surface area (Å²) in [6, 6.07) is 10.1. The van der Waals surface area contributed by atoms with E-state index >= 15 is 0 Å². The van der Waals surface area contributed by atoms with Gasteiger partial charge in [-0.3, -0.25) is 0 Å². The Morgan fingerprint density at radius 3 is 2.38 bits per heavy atom. The Kier molecular flexibility index (Phi) is 4.50. The predicted octanol–water partition coefficient (Wildman–Crippen LogP) is 4.60. The average molecular weight is 363 g/mol. The van der Waals surface area contributed by atoms with Crippen LogP contribution in [-0.2, 0) is 6.18 Å². The molecule has 8 heteroatoms. The lowest BCUT2D eigenvalue weighted by Crippen LogP contribution is -2.08. The number of pyridine rings is 1. The van der Waals surface area contributed by atoms with E-state index in [1.165, 1.54) is 26.4 Å². The van der Waals surface area contributed by atoms with Crippen LogP contribution in [0.3, 0.4) is 0 Å². The Morgan fingerprint density at radius 1 is 1.00 bits per heavy atom. The van der Waals surface area contributed by atoms with Gasteiger partial charge in [-0.15, -0.1) is 0 Å². The lowest BCUT2D eigenvalue weighted by atomic mass is 10.1. The maximum absolute atomic E-state index is 13.5. The largest absolute Gasteiger partial charge is 0.497 e. The van der Waals surface area contributed by atoms with Crippen molar-refractivity contribution in [3.8, 4) is 11.5 Å². The zero-order chi connectivity index (χ0) is 18.9. The van der Waals surface area contributed by atoms with Crippen LogP contribution >= 0.6 is 0 Å². The molecule has 2 aromatic carbocycles. The minimum atomic E-state index is -4.54. The monoisotopic (exact) mass is 363 g/mol. The molecular formula is C18H16F3N3O2. The van der Waals surface area contributed by atoms with E-state index in [-0.39, 0.29) is 16.7 Å². The molecule has 0 amide bonds. The number of nitrogens with zero attached hydrogens (tertiary/aromatic N) is 1. The molecule has 0 aliphatic heterocycles. The number of ether oxygens (including phenoxy) is 2. The lowest BCUT2D eigenvalue weighted by molar-refractivity contribution is -0.136. The topological polar surface area (TPSA) is 69.4 Å². The number of nitrogens with two attached hydrogens (primary N) is 1. The minimum Gasteiger partial charge on any atom is -0.497 e. The van der Waals surface area contributed by atoms with Gasteiger partial charge in [-0.2, -0.15) is 13.2 Å². The summed E-state index contributed by atoms with van der Waals surface area (Å²) in [5, 5.41) is 2.82. The van der Waals surface area contributed by atoms with Crippen LogP contribution in [0.1, 0.15) is 5.56 Å². The number of halogens is 3. The van der Waals surface area contributed by atoms with Gasteiger partial charge in [0.2, 0.25) is 0 Å². The van der Waals surface area contributed by atoms with Crippen LogP contribution in [0.15, 0.2) is 42.5 Å². The quantitative estimate of drug-likeness (QED) is 0.663. The Labute approximate surface area is 147 Å². The summed E-state index contributed by atoms with van der Waals surface area (Å²) in [5.41, 5.74) is 6.08. The van der Waals surface area contributed by atoms with Gasteiger partial charge in [0.05, 0.1) is 31.0 Å². The van der Waals surface area contributed by atoms with Crippen molar-refractivity contribution in [2.24, 2.45) is 0 Å². The maximum Gasteiger partial charge on any atom is 0.417 e. The first-order chi connectivity index (χ1) is 12.3. The van der Waals surface area contributed by atoms with Gasteiger partial charge in [0.1, 0.15) is 17.3 Å². The number of benzene rings is 2. The zero-order valence-electron chi connectivity index (χ0n) is 14.0. The third-order valence-corrected chi connectivity index (χ3v) is 3.82. The van der Waals surface area contributed by atoms with Crippen molar-refractivity contribution in [1.82, 2.24) is 4.98 Å². The van der Waals surface area contributed by atoms with E-state index in [1.54, 1.807) is 24.3 Å². The molecule has 136 valence electrons. The Balaban J connectivity index is 2.08. The van der Waals surface area contributed by atoms with E-state index in [4.69, 9.17) is 15.2 Å². The fourth-order valence-electron chi connectivity index (χ4n) is 2.59. The SMILES string of the molecule is COc1ccc2nc(Nc3ccc(OC)c(N)c3)cc(C(F)(F)F)c2c1. The predicted molar refractivity (Wildman–Crippen MR) is 94.0 cm³/mol. The van der Waals surface area contributed by atoms with Crippen molar-refractivity contribution in [2.75, 3.05) is 25.3 Å². The highest BCUT2D eigenvalue weighted by Gasteiger charge is 2.33. The molecule has 3 N–H and O–H groups in total. The molecule has 26 heavy (non-hydrogen) atoms. The van der Waals surface area contributed by atoms with Crippen LogP contribution < -0.4 is 20.5 Å². The Bertz CT molecular complexity index is 958. The highest BCUT2D eigenvalue weighted by atomic mass is 19.4. The summed E-state index contributed by atoms with van der Waals surface area (Å²) in [7, 11) is 2.87. The summed E-state index contributed by atoms with van der Waals surface area (Å²) in [6.45, 7) is 0. The maximum atomic E-state index is 13.5. The second-order valence-corrected chi connectivity index (χ2v) is 5.52. The van der Waals surface area contributed by atoms with Crippen LogP contribution in [0.4, 0.5) is 30.4 Å². The molecule has 0 saturated heterocycles. The number of methoxy groups -OCH3 is 2. The number of aromatic nitrogens is 1. The van der Waals surface area contributed by atoms with Crippen molar-refractivity contribution >= 4 is 28.1 Å². The lowest BCUT2D eigenvalue weighted by Gasteiger charge is -2.15. The first kappa shape index (κ1) is 17.7. The minimum absolute atomic E-state index is 0.0309. The molecular weight excluding hydrogens is 347 g/mol. The van der Waals surface area contributed by atoms with Gasteiger partial charge in [0.25, 0.3) is 0 Å². The molecule has 0 saturated carbocycles. The third kappa shape index (κ3) is 3.44. The Morgan fingerprint density at radius 2 is 1.77 bits per heavy atom. The highest BCUT2D eigenvalue weighted by molar-refractivity contribution is 5.86. The van der Waals surface area contributed by atoms with E-state index in [2.05, 4.69) is 10.3 Å². The fourth-order valence-corrected chi connectivity index (χ4v) is 2.59. The second-order valence-electron chi connectivity index (χ2n) is 5.52. The number of nitrogen functional groups attached to an aromatic ring is 1. The number of rotatable bonds is 4. The van der Waals surface area contributed by atoms with Crippen molar-refractivity contribution in [2.45, 2.75) is 6.18 Å². The molecule has 3 rings (SSSR count). The van der Waals surface area contributed by atoms with Gasteiger partial charge >= 0.3 is 6.18 Å². The number of hydrogen-bond donors (Lipinski definition) is 2. The number of hydrogen-bond acceptors (Lipinski definition) is 5. The van der Waals surface area contributed by atoms with Gasteiger partial charge in [-0.05, 0) is 42.5 Å². The van der Waals surface area contributed by atoms with E-state index in [0.29, 0.717) is 22.9 Å². The van der Waals surface area contributed by atoms with E-state index in [0.717, 1.165) is 6.07 Å². The number of nitrogens with one attached hydrogen (secondary N) is 1. The molecule has 0 bridgehead atoms. The third-order valence-electron chi connectivity index (χ3n) is 3.82. The van der Waals surface area contributed by atoms with Gasteiger partial charge in [-0.25, -0.2) is 4.98 Å². The molecule has 1 aromatic heterocycles. The van der Waals surface area contributed by atoms with Gasteiger partial charge in [-0.1, -0.05) is 0 Å². The normalized spacial score (nSPS) is 11.4. The van der Waals surface area contributed by atoms with Gasteiger partial charge in [0.15, 0.2) is 0 Å². The molecule has 0 aliphatic rings. The van der Waals surface area contributed by atoms with Crippen molar-refractivity contribution < 1.29 is 22.6 Å². The molecule has 0 radical (unpaired) electrons. The van der Waals surface area contributed by atoms with Crippen LogP contribution in [0.5, 0.6) is 11.5 Å². The molecule has 0 atom stereocenters. The zero-order valence-corrected chi connectivity index (χ0v) is 14.0. The standard InChI is InChI=1S/C18H16F3N3O2/c1-25-11-4-5-15-12(8-11)13(18(19,20)21)9-17(24-15)23-10-3-6-16(26-2)14(22)7-10/h3-9H,22H2,1-2H3,(H,23,24). The highest BCUT2D eigenvalue weighted by Crippen LogP contribution is 2.37. The van der Waals surface area contributed by atoms with E-state index < -0.39 is 11.7 Å². The molecule has 0 fully saturated rings. The second kappa shape index (κ2) is 6.62. The summed E-state index contributed by atoms with van der Waals surface area (Å²) < 4.78 is 50.6. The molecule has 1 heterocycles. The van der Waals surface area contributed by atoms with E-state index in [1.807, 2.05) is 0 Å². The van der Waals surface area contributed by atoms with Crippen LogP contribution in [-0.4, -0.2) is 19.2 Å². The Hall–Kier alpha value is -3.16. The molecule has 0 spiro atoms. The van der Waals surface area contributed by atoms with Crippen molar-refractivity contribution in [3.63, 3.8) is 0 Å². The number of anilines is 3. The summed E-state index contributed by atoms with van der Waals surface area (Å²) in [5.74, 6) is 0.859. The molecule has 5 nitrogen and oxygen atoms in total. The van der Waals surface area contributed by atoms with Crippen molar-refractivity contribution in [3.05, 3.63) is 48.0 Å². The van der Waals surface area contributed by atoms with E-state index in [9.17, 15) is 13.2 Å². The average Bonchev–Trinajstić information content (AvgIpc) is 2.60. The number of alkyl halides is 3. The van der Waals surface area contributed by atoms with Crippen LogP contribution in [0.2, 0.25) is 0 Å².